The SMILES string of the molecule is CCOC(=O)c1ccc(N(C(=O)Cn2nnc3ccccc32)[C@H](C(=O)NC2CCCC2)c2ccco2)cc1. The lowest BCUT2D eigenvalue weighted by molar-refractivity contribution is -0.127. The fraction of sp³-hybridized carbons (Fsp3) is 0.321. The Morgan fingerprint density at radius 1 is 1.08 bits per heavy atom. The molecule has 10 nitrogen and oxygen atoms in total. The Bertz CT molecular complexity index is 1410. The van der Waals surface area contributed by atoms with Crippen molar-refractivity contribution >= 4 is 34.5 Å². The van der Waals surface area contributed by atoms with Crippen LogP contribution >= 0.6 is 0 Å². The van der Waals surface area contributed by atoms with Crippen molar-refractivity contribution in [1.82, 2.24) is 20.3 Å². The average Bonchev–Trinajstić information content (AvgIpc) is 3.71. The molecule has 0 unspecified atom stereocenters. The highest BCUT2D eigenvalue weighted by atomic mass is 16.5. The second-order valence-corrected chi connectivity index (χ2v) is 9.17. The van der Waals surface area contributed by atoms with Crippen LogP contribution in [0.1, 0.15) is 54.8 Å². The van der Waals surface area contributed by atoms with Crippen LogP contribution in [0.15, 0.2) is 71.3 Å². The second kappa shape index (κ2) is 11.3. The zero-order valence-electron chi connectivity index (χ0n) is 21.1. The summed E-state index contributed by atoms with van der Waals surface area (Å²) in [6.07, 6.45) is 5.36. The highest BCUT2D eigenvalue weighted by molar-refractivity contribution is 6.01. The number of carbonyl (C=O) groups excluding carboxylic acids is 3. The standard InChI is InChI=1S/C28H29N5O5/c1-2-37-28(36)19-13-15-21(16-14-19)33(25(34)18-32-23-11-6-5-10-22(23)30-31-32)26(24-12-7-17-38-24)27(35)29-20-8-3-4-9-20/h5-7,10-17,20,26H,2-4,8-9,18H2,1H3,(H,29,35)/t26-/m0/s1. The molecule has 0 saturated heterocycles. The van der Waals surface area contributed by atoms with Crippen molar-refractivity contribution in [1.29, 1.82) is 0 Å². The molecule has 1 fully saturated rings. The van der Waals surface area contributed by atoms with E-state index >= 15 is 0 Å². The summed E-state index contributed by atoms with van der Waals surface area (Å²) in [4.78, 5) is 41.3. The van der Waals surface area contributed by atoms with Gasteiger partial charge < -0.3 is 14.5 Å². The van der Waals surface area contributed by atoms with Gasteiger partial charge in [0, 0.05) is 11.7 Å². The number of anilines is 1. The number of furan rings is 1. The molecule has 2 aromatic heterocycles. The van der Waals surface area contributed by atoms with E-state index in [0.29, 0.717) is 28.0 Å². The smallest absolute Gasteiger partial charge is 0.338 e. The monoisotopic (exact) mass is 515 g/mol. The summed E-state index contributed by atoms with van der Waals surface area (Å²) in [5.74, 6) is -0.870. The van der Waals surface area contributed by atoms with Crippen molar-refractivity contribution in [3.8, 4) is 0 Å². The van der Waals surface area contributed by atoms with E-state index in [0.717, 1.165) is 25.7 Å². The number of esters is 1. The molecule has 4 aromatic rings. The Morgan fingerprint density at radius 2 is 1.84 bits per heavy atom. The van der Waals surface area contributed by atoms with Gasteiger partial charge in [-0.25, -0.2) is 9.48 Å². The Hall–Kier alpha value is -4.47. The van der Waals surface area contributed by atoms with Gasteiger partial charge in [-0.15, -0.1) is 5.10 Å². The minimum absolute atomic E-state index is 0.0439. The predicted molar refractivity (Wildman–Crippen MR) is 139 cm³/mol. The molecule has 196 valence electrons. The van der Waals surface area contributed by atoms with Gasteiger partial charge in [-0.2, -0.15) is 0 Å². The second-order valence-electron chi connectivity index (χ2n) is 9.17. The molecule has 2 heterocycles. The molecule has 0 aliphatic heterocycles. The van der Waals surface area contributed by atoms with Crippen LogP contribution in [0.25, 0.3) is 11.0 Å². The lowest BCUT2D eigenvalue weighted by Crippen LogP contribution is -2.47. The number of benzene rings is 2. The molecular formula is C28H29N5O5. The molecule has 1 aliphatic carbocycles. The van der Waals surface area contributed by atoms with Crippen molar-refractivity contribution in [3.05, 3.63) is 78.3 Å². The number of ether oxygens (including phenoxy) is 1. The summed E-state index contributed by atoms with van der Waals surface area (Å²) >= 11 is 0. The van der Waals surface area contributed by atoms with Crippen molar-refractivity contribution in [2.45, 2.75) is 51.2 Å². The first kappa shape index (κ1) is 25.2. The Kier molecular flexibility index (Phi) is 7.48. The number of hydrogen-bond donors (Lipinski definition) is 1. The van der Waals surface area contributed by atoms with Gasteiger partial charge in [0.2, 0.25) is 5.91 Å². The van der Waals surface area contributed by atoms with Crippen LogP contribution in [0.4, 0.5) is 5.69 Å². The molecule has 1 saturated carbocycles. The van der Waals surface area contributed by atoms with Gasteiger partial charge in [0.05, 0.1) is 24.0 Å². The number of aromatic nitrogens is 3. The molecular weight excluding hydrogens is 486 g/mol. The van der Waals surface area contributed by atoms with E-state index in [1.165, 1.54) is 15.8 Å². The molecule has 0 bridgehead atoms. The quantitative estimate of drug-likeness (QED) is 0.334. The maximum Gasteiger partial charge on any atom is 0.338 e. The normalized spacial score (nSPS) is 14.3. The Labute approximate surface area is 219 Å². The number of nitrogens with one attached hydrogen (secondary N) is 1. The molecule has 2 aromatic carbocycles. The topological polar surface area (TPSA) is 120 Å². The van der Waals surface area contributed by atoms with Crippen LogP contribution in [0.5, 0.6) is 0 Å². The number of fused-ring (bicyclic) bond motifs is 1. The third-order valence-electron chi connectivity index (χ3n) is 6.65. The maximum atomic E-state index is 14.0. The van der Waals surface area contributed by atoms with Crippen LogP contribution in [0.2, 0.25) is 0 Å². The van der Waals surface area contributed by atoms with Crippen molar-refractivity contribution in [2.24, 2.45) is 0 Å². The highest BCUT2D eigenvalue weighted by Gasteiger charge is 2.36. The van der Waals surface area contributed by atoms with Gasteiger partial charge in [-0.1, -0.05) is 30.2 Å². The summed E-state index contributed by atoms with van der Waals surface area (Å²) in [7, 11) is 0. The molecule has 0 radical (unpaired) electrons. The molecule has 2 amide bonds. The predicted octanol–water partition coefficient (Wildman–Crippen LogP) is 4.03. The maximum absolute atomic E-state index is 14.0. The summed E-state index contributed by atoms with van der Waals surface area (Å²) < 4.78 is 12.3. The minimum Gasteiger partial charge on any atom is -0.467 e. The number of para-hydroxylation sites is 1. The number of amides is 2. The fourth-order valence-electron chi connectivity index (χ4n) is 4.82. The summed E-state index contributed by atoms with van der Waals surface area (Å²) in [5, 5.41) is 11.4. The summed E-state index contributed by atoms with van der Waals surface area (Å²) in [6, 6.07) is 16.1. The van der Waals surface area contributed by atoms with E-state index in [4.69, 9.17) is 9.15 Å². The van der Waals surface area contributed by atoms with Crippen LogP contribution in [0, 0.1) is 0 Å². The number of rotatable bonds is 9. The molecule has 38 heavy (non-hydrogen) atoms. The average molecular weight is 516 g/mol. The first-order valence-electron chi connectivity index (χ1n) is 12.8. The molecule has 10 heteroatoms. The highest BCUT2D eigenvalue weighted by Crippen LogP contribution is 2.30. The van der Waals surface area contributed by atoms with Gasteiger partial charge in [-0.3, -0.25) is 14.5 Å². The zero-order valence-corrected chi connectivity index (χ0v) is 21.1. The van der Waals surface area contributed by atoms with Gasteiger partial charge in [0.25, 0.3) is 5.91 Å². The van der Waals surface area contributed by atoms with E-state index in [1.54, 1.807) is 43.3 Å². The van der Waals surface area contributed by atoms with E-state index in [1.807, 2.05) is 24.3 Å². The molecule has 0 spiro atoms. The first-order valence-corrected chi connectivity index (χ1v) is 12.8. The van der Waals surface area contributed by atoms with E-state index < -0.39 is 17.9 Å². The third-order valence-corrected chi connectivity index (χ3v) is 6.65. The van der Waals surface area contributed by atoms with Gasteiger partial charge in [0.15, 0.2) is 6.04 Å². The largest absolute Gasteiger partial charge is 0.467 e. The molecule has 5 rings (SSSR count). The van der Waals surface area contributed by atoms with Gasteiger partial charge >= 0.3 is 5.97 Å². The van der Waals surface area contributed by atoms with Crippen LogP contribution in [-0.2, 0) is 20.9 Å². The molecule has 1 aliphatic rings. The number of carbonyl (C=O) groups is 3. The molecule has 1 N–H and O–H groups in total. The van der Waals surface area contributed by atoms with Crippen molar-refractivity contribution in [3.63, 3.8) is 0 Å². The van der Waals surface area contributed by atoms with E-state index in [2.05, 4.69) is 15.6 Å². The first-order chi connectivity index (χ1) is 18.5. The fourth-order valence-corrected chi connectivity index (χ4v) is 4.82. The Morgan fingerprint density at radius 3 is 2.55 bits per heavy atom. The minimum atomic E-state index is -1.07. The van der Waals surface area contributed by atoms with E-state index in [9.17, 15) is 14.4 Å². The summed E-state index contributed by atoms with van der Waals surface area (Å²) in [6.45, 7) is 1.82. The number of nitrogens with zero attached hydrogens (tertiary/aromatic N) is 4. The summed E-state index contributed by atoms with van der Waals surface area (Å²) in [5.41, 5.74) is 2.13. The lowest BCUT2D eigenvalue weighted by Gasteiger charge is -2.31. The van der Waals surface area contributed by atoms with E-state index in [-0.39, 0.29) is 25.1 Å². The van der Waals surface area contributed by atoms with Crippen LogP contribution < -0.4 is 10.2 Å². The lowest BCUT2D eigenvalue weighted by atomic mass is 10.1. The van der Waals surface area contributed by atoms with Crippen LogP contribution in [0.3, 0.4) is 0 Å². The van der Waals surface area contributed by atoms with Crippen LogP contribution in [-0.4, -0.2) is 45.4 Å². The zero-order chi connectivity index (χ0) is 26.5. The van der Waals surface area contributed by atoms with Crippen molar-refractivity contribution in [2.75, 3.05) is 11.5 Å². The van der Waals surface area contributed by atoms with Crippen molar-refractivity contribution < 1.29 is 23.5 Å². The third kappa shape index (κ3) is 5.29. The molecule has 1 atom stereocenters. The van der Waals surface area contributed by atoms with Gasteiger partial charge in [0.1, 0.15) is 17.8 Å². The van der Waals surface area contributed by atoms with Gasteiger partial charge in [-0.05, 0) is 68.3 Å². The number of hydrogen-bond acceptors (Lipinski definition) is 7. The Balaban J connectivity index is 1.53.